The number of hydrogen-bond acceptors (Lipinski definition) is 23. The van der Waals surface area contributed by atoms with Crippen molar-refractivity contribution in [2.45, 2.75) is 49.9 Å². The third-order valence-corrected chi connectivity index (χ3v) is 37.0. The SMILES string of the molecule is CO[Si](C[Si](CCC1CCC(CC[Si](O[Si](OC)(OC)OC)(O[Si](OC)(OC)OC)O[Si](OC)(OC)OC)C1)(O[Si](OC)(OC)OC)O[Si](OC)(OC)OC)(OC)OC. The molecule has 59 heavy (non-hydrogen) atoms. The van der Waals surface area contributed by atoms with Gasteiger partial charge in [0.1, 0.15) is 0 Å². The Morgan fingerprint density at radius 2 is 0.559 bits per heavy atom. The second kappa shape index (κ2) is 26.7. The van der Waals surface area contributed by atoms with Crippen molar-refractivity contribution in [3.05, 3.63) is 0 Å². The van der Waals surface area contributed by atoms with Gasteiger partial charge in [0.2, 0.25) is 0 Å². The summed E-state index contributed by atoms with van der Waals surface area (Å²) in [6.45, 7) is 0. The molecule has 0 bridgehead atoms. The van der Waals surface area contributed by atoms with Gasteiger partial charge >= 0.3 is 71.4 Å². The monoisotopic (exact) mass is 1000 g/mol. The van der Waals surface area contributed by atoms with Crippen molar-refractivity contribution in [2.75, 3.05) is 128 Å². The topological polar surface area (TPSA) is 212 Å². The maximum absolute atomic E-state index is 6.85. The maximum Gasteiger partial charge on any atom is 0.671 e. The van der Waals surface area contributed by atoms with Crippen LogP contribution in [0, 0.1) is 11.8 Å². The molecule has 2 atom stereocenters. The van der Waals surface area contributed by atoms with E-state index in [2.05, 4.69) is 0 Å². The molecule has 1 saturated carbocycles. The predicted octanol–water partition coefficient (Wildman–Crippen LogP) is 1.94. The van der Waals surface area contributed by atoms with Gasteiger partial charge in [0.25, 0.3) is 0 Å². The van der Waals surface area contributed by atoms with E-state index in [1.165, 1.54) is 128 Å². The summed E-state index contributed by atoms with van der Waals surface area (Å²) in [5.74, 6) is 0.341. The molecule has 1 fully saturated rings. The minimum absolute atomic E-state index is 0.0911. The third kappa shape index (κ3) is 15.2. The first kappa shape index (κ1) is 57.8. The molecule has 0 N–H and O–H groups in total. The van der Waals surface area contributed by atoms with Crippen molar-refractivity contribution < 1.29 is 100 Å². The summed E-state index contributed by atoms with van der Waals surface area (Å²) in [4.78, 5) is 0. The summed E-state index contributed by atoms with van der Waals surface area (Å²) in [6.07, 6.45) is 3.68. The first-order valence-electron chi connectivity index (χ1n) is 18.4. The smallest absolute Gasteiger partial charge is 0.377 e. The highest BCUT2D eigenvalue weighted by molar-refractivity contribution is 6.90. The van der Waals surface area contributed by atoms with Gasteiger partial charge in [0, 0.05) is 134 Å². The van der Waals surface area contributed by atoms with E-state index in [4.69, 9.17) is 100 Å². The molecular formula is C28H72O23Si8. The van der Waals surface area contributed by atoms with Gasteiger partial charge in [-0.1, -0.05) is 12.8 Å². The van der Waals surface area contributed by atoms with Gasteiger partial charge in [-0.15, -0.1) is 0 Å². The van der Waals surface area contributed by atoms with Crippen LogP contribution in [0.25, 0.3) is 0 Å². The maximum atomic E-state index is 6.85. The van der Waals surface area contributed by atoms with E-state index >= 15 is 0 Å². The third-order valence-electron chi connectivity index (χ3n) is 10.1. The fourth-order valence-corrected chi connectivity index (χ4v) is 35.7. The molecular weight excluding hydrogens is 929 g/mol. The zero-order valence-electron chi connectivity index (χ0n) is 38.2. The molecule has 354 valence electrons. The molecule has 23 nitrogen and oxygen atoms in total. The molecule has 0 aromatic carbocycles. The molecule has 0 aromatic heterocycles. The summed E-state index contributed by atoms with van der Waals surface area (Å²) in [5, 5.41) is 0. The number of rotatable bonds is 36. The van der Waals surface area contributed by atoms with E-state index < -0.39 is 71.4 Å². The lowest BCUT2D eigenvalue weighted by Crippen LogP contribution is -2.69. The molecule has 0 aromatic rings. The molecule has 0 heterocycles. The van der Waals surface area contributed by atoms with Gasteiger partial charge in [0.05, 0.1) is 5.67 Å². The summed E-state index contributed by atoms with van der Waals surface area (Å²) >= 11 is 0. The minimum atomic E-state index is -4.23. The Bertz CT molecular complexity index is 890. The van der Waals surface area contributed by atoms with Crippen LogP contribution in [0.5, 0.6) is 0 Å². The Labute approximate surface area is 360 Å². The van der Waals surface area contributed by atoms with Crippen LogP contribution in [-0.2, 0) is 100 Å². The molecule has 0 radical (unpaired) electrons. The van der Waals surface area contributed by atoms with Crippen LogP contribution < -0.4 is 0 Å². The second-order valence-corrected chi connectivity index (χ2v) is 36.2. The molecule has 0 aliphatic heterocycles. The minimum Gasteiger partial charge on any atom is -0.377 e. The highest BCUT2D eigenvalue weighted by Gasteiger charge is 2.67. The number of hydrogen-bond donors (Lipinski definition) is 0. The van der Waals surface area contributed by atoms with Gasteiger partial charge in [-0.25, -0.2) is 0 Å². The van der Waals surface area contributed by atoms with Crippen molar-refractivity contribution in [3.8, 4) is 0 Å². The first-order chi connectivity index (χ1) is 28.0. The average molecular weight is 1000 g/mol. The molecule has 0 spiro atoms. The summed E-state index contributed by atoms with van der Waals surface area (Å²) in [5.41, 5.74) is 0.0911. The van der Waals surface area contributed by atoms with E-state index in [0.717, 1.165) is 19.3 Å². The predicted molar refractivity (Wildman–Crippen MR) is 222 cm³/mol. The highest BCUT2D eigenvalue weighted by atomic mass is 28.5. The summed E-state index contributed by atoms with van der Waals surface area (Å²) < 4.78 is 137. The van der Waals surface area contributed by atoms with Crippen LogP contribution in [0.2, 0.25) is 17.8 Å². The summed E-state index contributed by atoms with van der Waals surface area (Å²) in [6, 6.07) is 0.544. The van der Waals surface area contributed by atoms with Crippen molar-refractivity contribution >= 4 is 71.4 Å². The Hall–Kier alpha value is 0.815. The molecule has 1 aliphatic rings. The van der Waals surface area contributed by atoms with Gasteiger partial charge in [-0.05, 0) is 37.1 Å². The van der Waals surface area contributed by atoms with E-state index in [-0.39, 0.29) is 23.5 Å². The van der Waals surface area contributed by atoms with Crippen LogP contribution in [0.4, 0.5) is 0 Å². The van der Waals surface area contributed by atoms with Crippen LogP contribution in [0.3, 0.4) is 0 Å². The molecule has 1 aliphatic carbocycles. The lowest BCUT2D eigenvalue weighted by molar-refractivity contribution is -0.0264. The second-order valence-electron chi connectivity index (χ2n) is 12.8. The lowest BCUT2D eigenvalue weighted by atomic mass is 10.0. The molecule has 1 rings (SSSR count). The van der Waals surface area contributed by atoms with Crippen molar-refractivity contribution in [1.29, 1.82) is 0 Å². The quantitative estimate of drug-likeness (QED) is 0.0821. The van der Waals surface area contributed by atoms with Gasteiger partial charge in [-0.2, -0.15) is 0 Å². The Morgan fingerprint density at radius 1 is 0.305 bits per heavy atom. The van der Waals surface area contributed by atoms with Gasteiger partial charge in [0.15, 0.2) is 0 Å². The Balaban J connectivity index is 3.75. The standard InChI is InChI=1S/C28H72O23Si8/c1-29-54(30-2,31-3)26-52(47-55(32-4,33-5)34-6,48-56(35-7,36-8)37-9)23-21-27-19-20-28(25-27)22-24-53(49-57(38-10,39-11)40-12,50-58(41-13,42-14)43-15)51-59(44-16,45-17)46-18/h27-28H,19-26H2,1-18H3. The van der Waals surface area contributed by atoms with Crippen molar-refractivity contribution in [2.24, 2.45) is 11.8 Å². The van der Waals surface area contributed by atoms with Gasteiger partial charge in [-0.3, -0.25) is 0 Å². The fraction of sp³-hybridized carbons (Fsp3) is 1.00. The molecule has 0 amide bonds. The average Bonchev–Trinajstić information content (AvgIpc) is 3.76. The summed E-state index contributed by atoms with van der Waals surface area (Å²) in [7, 11) is -5.07. The van der Waals surface area contributed by atoms with Crippen LogP contribution in [0.1, 0.15) is 32.1 Å². The Morgan fingerprint density at radius 3 is 0.814 bits per heavy atom. The van der Waals surface area contributed by atoms with E-state index in [1.54, 1.807) is 0 Å². The van der Waals surface area contributed by atoms with Gasteiger partial charge < -0.3 is 100 Å². The van der Waals surface area contributed by atoms with E-state index in [9.17, 15) is 0 Å². The van der Waals surface area contributed by atoms with E-state index in [0.29, 0.717) is 18.9 Å². The van der Waals surface area contributed by atoms with E-state index in [1.807, 2.05) is 0 Å². The zero-order valence-corrected chi connectivity index (χ0v) is 46.2. The molecule has 2 unspecified atom stereocenters. The fourth-order valence-electron chi connectivity index (χ4n) is 6.71. The Kier molecular flexibility index (Phi) is 26.2. The first-order valence-corrected chi connectivity index (χ1v) is 32.7. The zero-order chi connectivity index (χ0) is 45.1. The highest BCUT2D eigenvalue weighted by Crippen LogP contribution is 2.43. The molecule has 0 saturated heterocycles. The van der Waals surface area contributed by atoms with Crippen molar-refractivity contribution in [1.82, 2.24) is 0 Å². The lowest BCUT2D eigenvalue weighted by Gasteiger charge is -2.42. The van der Waals surface area contributed by atoms with Crippen LogP contribution in [-0.4, -0.2) is 199 Å². The van der Waals surface area contributed by atoms with Crippen molar-refractivity contribution in [3.63, 3.8) is 0 Å². The van der Waals surface area contributed by atoms with Crippen LogP contribution in [0.15, 0.2) is 0 Å². The largest absolute Gasteiger partial charge is 0.671 e. The van der Waals surface area contributed by atoms with Crippen LogP contribution >= 0.6 is 0 Å². The molecule has 31 heteroatoms. The normalized spacial score (nSPS) is 18.0.